The predicted molar refractivity (Wildman–Crippen MR) is 96.9 cm³/mol. The Hall–Kier alpha value is -2.29. The van der Waals surface area contributed by atoms with Gasteiger partial charge in [0.15, 0.2) is 11.6 Å². The average molecular weight is 393 g/mol. The van der Waals surface area contributed by atoms with E-state index in [9.17, 15) is 13.2 Å². The van der Waals surface area contributed by atoms with Crippen LogP contribution in [-0.4, -0.2) is 52.4 Å². The van der Waals surface area contributed by atoms with Crippen LogP contribution in [0.5, 0.6) is 5.75 Å². The number of hydrogen-bond donors (Lipinski definition) is 1. The lowest BCUT2D eigenvalue weighted by Gasteiger charge is -2.18. The number of nitrogen functional groups attached to an aromatic ring is 1. The normalized spacial score (nSPS) is 26.6. The third-order valence-electron chi connectivity index (χ3n) is 6.04. The molecule has 0 radical (unpaired) electrons. The predicted octanol–water partition coefficient (Wildman–Crippen LogP) is 3.08. The number of piperidine rings is 1. The molecule has 2 aliphatic carbocycles. The molecule has 0 spiro atoms. The van der Waals surface area contributed by atoms with Crippen LogP contribution in [0.15, 0.2) is 18.5 Å². The Bertz CT molecular complexity index is 872. The summed E-state index contributed by atoms with van der Waals surface area (Å²) in [6.07, 6.45) is 5.77. The highest BCUT2D eigenvalue weighted by atomic mass is 19.3. The van der Waals surface area contributed by atoms with Gasteiger partial charge in [-0.3, -0.25) is 0 Å². The minimum absolute atomic E-state index is 0.0735. The number of hydrogen-bond acceptors (Lipinski definition) is 5. The smallest absolute Gasteiger partial charge is 0.387 e. The summed E-state index contributed by atoms with van der Waals surface area (Å²) < 4.78 is 44.5. The van der Waals surface area contributed by atoms with Crippen molar-refractivity contribution in [1.29, 1.82) is 0 Å². The highest BCUT2D eigenvalue weighted by Crippen LogP contribution is 2.57. The maximum atomic E-state index is 12.6. The molecule has 28 heavy (non-hydrogen) atoms. The lowest BCUT2D eigenvalue weighted by molar-refractivity contribution is -0.0494. The number of pyridine rings is 1. The van der Waals surface area contributed by atoms with E-state index in [-0.39, 0.29) is 18.2 Å². The van der Waals surface area contributed by atoms with Gasteiger partial charge in [-0.1, -0.05) is 0 Å². The molecule has 3 heterocycles. The van der Waals surface area contributed by atoms with Crippen molar-refractivity contribution in [3.05, 3.63) is 24.3 Å². The van der Waals surface area contributed by atoms with E-state index in [2.05, 4.69) is 19.2 Å². The molecule has 1 unspecified atom stereocenters. The van der Waals surface area contributed by atoms with Gasteiger partial charge in [0.05, 0.1) is 5.69 Å². The van der Waals surface area contributed by atoms with Crippen molar-refractivity contribution >= 4 is 5.82 Å². The average Bonchev–Trinajstić information content (AvgIpc) is 3.53. The van der Waals surface area contributed by atoms with Gasteiger partial charge in [-0.05, 0) is 30.7 Å². The van der Waals surface area contributed by atoms with Crippen molar-refractivity contribution in [3.63, 3.8) is 0 Å². The maximum Gasteiger partial charge on any atom is 0.387 e. The van der Waals surface area contributed by atoms with Crippen LogP contribution in [0.25, 0.3) is 11.3 Å². The lowest BCUT2D eigenvalue weighted by Crippen LogP contribution is -2.27. The Morgan fingerprint density at radius 2 is 2.00 bits per heavy atom. The summed E-state index contributed by atoms with van der Waals surface area (Å²) in [5, 5.41) is 0. The summed E-state index contributed by atoms with van der Waals surface area (Å²) >= 11 is 0. The van der Waals surface area contributed by atoms with E-state index in [4.69, 9.17) is 10.7 Å². The van der Waals surface area contributed by atoms with Crippen molar-refractivity contribution in [1.82, 2.24) is 19.4 Å². The number of nitrogens with two attached hydrogens (primary N) is 1. The summed E-state index contributed by atoms with van der Waals surface area (Å²) in [5.74, 6) is 2.37. The van der Waals surface area contributed by atoms with E-state index in [1.807, 2.05) is 6.20 Å². The second-order valence-corrected chi connectivity index (χ2v) is 7.92. The van der Waals surface area contributed by atoms with E-state index < -0.39 is 6.61 Å². The van der Waals surface area contributed by atoms with Crippen LogP contribution < -0.4 is 10.5 Å². The Kier molecular flexibility index (Phi) is 4.22. The topological polar surface area (TPSA) is 69.2 Å². The minimum atomic E-state index is -2.96. The van der Waals surface area contributed by atoms with Crippen LogP contribution >= 0.6 is 0 Å². The molecular weight excluding hydrogens is 371 g/mol. The van der Waals surface area contributed by atoms with Gasteiger partial charge in [-0.2, -0.15) is 8.78 Å². The Morgan fingerprint density at radius 1 is 1.25 bits per heavy atom. The van der Waals surface area contributed by atoms with Crippen LogP contribution in [0.3, 0.4) is 0 Å². The molecule has 0 bridgehead atoms. The van der Waals surface area contributed by atoms with Gasteiger partial charge in [0, 0.05) is 49.6 Å². The molecule has 1 aliphatic heterocycles. The largest absolute Gasteiger partial charge is 0.431 e. The lowest BCUT2D eigenvalue weighted by atomic mass is 10.2. The molecule has 1 saturated heterocycles. The number of alkyl halides is 3. The quantitative estimate of drug-likeness (QED) is 0.783. The SMILES string of the molecule is Nc1ncc(-c2cn(C3[C@H]4CN(CCF)C[C@@H]34)c(C3CC3)n2)cc1OC(F)F. The first-order valence-electron chi connectivity index (χ1n) is 9.63. The molecule has 2 aromatic heterocycles. The van der Waals surface area contributed by atoms with Crippen molar-refractivity contribution in [2.75, 3.05) is 32.0 Å². The van der Waals surface area contributed by atoms with Crippen LogP contribution in [0.2, 0.25) is 0 Å². The molecule has 2 saturated carbocycles. The zero-order valence-corrected chi connectivity index (χ0v) is 15.3. The van der Waals surface area contributed by atoms with Crippen LogP contribution in [-0.2, 0) is 0 Å². The summed E-state index contributed by atoms with van der Waals surface area (Å²) in [6, 6.07) is 1.86. The van der Waals surface area contributed by atoms with Crippen LogP contribution in [0.4, 0.5) is 19.0 Å². The minimum Gasteiger partial charge on any atom is -0.431 e. The zero-order chi connectivity index (χ0) is 19.4. The van der Waals surface area contributed by atoms with E-state index in [1.54, 1.807) is 0 Å². The van der Waals surface area contributed by atoms with Gasteiger partial charge in [0.25, 0.3) is 0 Å². The molecule has 2 aromatic rings. The molecule has 2 N–H and O–H groups in total. The van der Waals surface area contributed by atoms with Crippen LogP contribution in [0, 0.1) is 11.8 Å². The third kappa shape index (κ3) is 3.11. The molecule has 0 aromatic carbocycles. The highest BCUT2D eigenvalue weighted by Gasteiger charge is 2.57. The van der Waals surface area contributed by atoms with Crippen molar-refractivity contribution < 1.29 is 17.9 Å². The highest BCUT2D eigenvalue weighted by molar-refractivity contribution is 5.64. The summed E-state index contributed by atoms with van der Waals surface area (Å²) in [4.78, 5) is 11.0. The first-order valence-corrected chi connectivity index (χ1v) is 9.63. The first-order chi connectivity index (χ1) is 13.5. The number of aromatic nitrogens is 3. The molecule has 6 nitrogen and oxygen atoms in total. The van der Waals surface area contributed by atoms with Gasteiger partial charge in [0.2, 0.25) is 0 Å². The number of likely N-dealkylation sites (tertiary alicyclic amines) is 1. The number of halogens is 3. The molecular formula is C19H22F3N5O. The molecule has 0 amide bonds. The fourth-order valence-electron chi connectivity index (χ4n) is 4.51. The Balaban J connectivity index is 1.42. The van der Waals surface area contributed by atoms with Crippen molar-refractivity contribution in [3.8, 4) is 17.0 Å². The standard InChI is InChI=1S/C19H22F3N5O/c20-3-4-26-7-12-13(8-26)16(12)27-9-14(25-18(27)10-1-2-10)11-5-15(28-19(21)22)17(23)24-6-11/h5-6,9-10,12-13,16,19H,1-4,7-8H2,(H2,23,24)/t12-,13+,16?. The fourth-order valence-corrected chi connectivity index (χ4v) is 4.51. The zero-order valence-electron chi connectivity index (χ0n) is 15.3. The second-order valence-electron chi connectivity index (χ2n) is 7.92. The molecule has 9 heteroatoms. The summed E-state index contributed by atoms with van der Waals surface area (Å²) in [6.45, 7) is -0.912. The molecule has 3 aliphatic rings. The van der Waals surface area contributed by atoms with E-state index in [0.29, 0.717) is 41.6 Å². The number of ether oxygens (including phenoxy) is 1. The Labute approximate surface area is 160 Å². The summed E-state index contributed by atoms with van der Waals surface area (Å²) in [5.41, 5.74) is 6.94. The number of fused-ring (bicyclic) bond motifs is 1. The third-order valence-corrected chi connectivity index (χ3v) is 6.04. The first kappa shape index (κ1) is 17.8. The summed E-state index contributed by atoms with van der Waals surface area (Å²) in [7, 11) is 0. The molecule has 150 valence electrons. The molecule has 5 rings (SSSR count). The van der Waals surface area contributed by atoms with Gasteiger partial charge >= 0.3 is 6.61 Å². The van der Waals surface area contributed by atoms with Crippen molar-refractivity contribution in [2.24, 2.45) is 11.8 Å². The second kappa shape index (κ2) is 6.65. The van der Waals surface area contributed by atoms with E-state index in [1.165, 1.54) is 12.3 Å². The number of rotatable bonds is 7. The Morgan fingerprint density at radius 3 is 2.64 bits per heavy atom. The van der Waals surface area contributed by atoms with Gasteiger partial charge in [-0.25, -0.2) is 14.4 Å². The number of nitrogens with zero attached hydrogens (tertiary/aromatic N) is 4. The van der Waals surface area contributed by atoms with Crippen LogP contribution in [0.1, 0.15) is 30.6 Å². The molecule has 3 fully saturated rings. The molecule has 3 atom stereocenters. The monoisotopic (exact) mass is 393 g/mol. The maximum absolute atomic E-state index is 12.6. The number of anilines is 1. The van der Waals surface area contributed by atoms with Gasteiger partial charge in [-0.15, -0.1) is 0 Å². The van der Waals surface area contributed by atoms with E-state index in [0.717, 1.165) is 31.8 Å². The van der Waals surface area contributed by atoms with Crippen molar-refractivity contribution in [2.45, 2.75) is 31.4 Å². The fraction of sp³-hybridized carbons (Fsp3) is 0.579. The number of imidazole rings is 1. The van der Waals surface area contributed by atoms with E-state index >= 15 is 0 Å². The van der Waals surface area contributed by atoms with Gasteiger partial charge in [0.1, 0.15) is 12.5 Å². The van der Waals surface area contributed by atoms with Gasteiger partial charge < -0.3 is 19.9 Å².